The lowest BCUT2D eigenvalue weighted by atomic mass is 10.2. The molecule has 1 rings (SSSR count). The van der Waals surface area contributed by atoms with Crippen molar-refractivity contribution >= 4 is 33.4 Å². The van der Waals surface area contributed by atoms with E-state index in [1.54, 1.807) is 25.2 Å². The Labute approximate surface area is 102 Å². The van der Waals surface area contributed by atoms with Crippen LogP contribution in [-0.4, -0.2) is 24.4 Å². The van der Waals surface area contributed by atoms with Gasteiger partial charge in [-0.25, -0.2) is 0 Å². The summed E-state index contributed by atoms with van der Waals surface area (Å²) in [6.07, 6.45) is 5.13. The number of hydrogen-bond donors (Lipinski definition) is 0. The largest absolute Gasteiger partial charge is 0.331 e. The van der Waals surface area contributed by atoms with Gasteiger partial charge in [0.15, 0.2) is 0 Å². The third-order valence-corrected chi connectivity index (χ3v) is 2.66. The summed E-state index contributed by atoms with van der Waals surface area (Å²) in [5, 5.41) is 0.423. The second-order valence-corrected chi connectivity index (χ2v) is 4.31. The van der Waals surface area contributed by atoms with Gasteiger partial charge in [0.25, 0.3) is 5.91 Å². The number of benzene rings is 1. The van der Waals surface area contributed by atoms with Gasteiger partial charge in [-0.1, -0.05) is 33.5 Å². The lowest BCUT2D eigenvalue weighted by Gasteiger charge is -2.14. The molecule has 0 atom stereocenters. The molecular formula is C11H9BrClNO. The third-order valence-electron chi connectivity index (χ3n) is 1.83. The molecule has 0 N–H and O–H groups in total. The number of amides is 1. The van der Waals surface area contributed by atoms with Gasteiger partial charge >= 0.3 is 0 Å². The van der Waals surface area contributed by atoms with Gasteiger partial charge in [0.2, 0.25) is 0 Å². The van der Waals surface area contributed by atoms with Crippen LogP contribution in [0.3, 0.4) is 0 Å². The normalized spacial score (nSPS) is 9.47. The summed E-state index contributed by atoms with van der Waals surface area (Å²) >= 11 is 9.20. The van der Waals surface area contributed by atoms with Crippen LogP contribution >= 0.6 is 27.5 Å². The Kier molecular flexibility index (Phi) is 4.19. The molecule has 15 heavy (non-hydrogen) atoms. The summed E-state index contributed by atoms with van der Waals surface area (Å²) < 4.78 is 0.810. The highest BCUT2D eigenvalue weighted by Gasteiger charge is 2.14. The predicted molar refractivity (Wildman–Crippen MR) is 64.9 cm³/mol. The van der Waals surface area contributed by atoms with Crippen LogP contribution in [0.1, 0.15) is 10.4 Å². The molecule has 0 bridgehead atoms. The molecule has 0 radical (unpaired) electrons. The van der Waals surface area contributed by atoms with Crippen LogP contribution in [0.25, 0.3) is 0 Å². The van der Waals surface area contributed by atoms with Crippen molar-refractivity contribution in [1.29, 1.82) is 0 Å². The first kappa shape index (κ1) is 12.1. The van der Waals surface area contributed by atoms with Crippen LogP contribution in [0.5, 0.6) is 0 Å². The minimum atomic E-state index is -0.181. The summed E-state index contributed by atoms with van der Waals surface area (Å²) in [5.41, 5.74) is 0.448. The molecule has 0 fully saturated rings. The standard InChI is InChI=1S/C11H9BrClNO/c1-3-6-14(2)11(15)9-7-8(12)4-5-10(9)13/h1,4-5,7H,6H2,2H3. The Morgan fingerprint density at radius 1 is 1.67 bits per heavy atom. The molecule has 0 aliphatic carbocycles. The van der Waals surface area contributed by atoms with E-state index < -0.39 is 0 Å². The van der Waals surface area contributed by atoms with Crippen molar-refractivity contribution < 1.29 is 4.79 Å². The highest BCUT2D eigenvalue weighted by Crippen LogP contribution is 2.21. The molecule has 0 saturated heterocycles. The topological polar surface area (TPSA) is 20.3 Å². The number of halogens is 2. The monoisotopic (exact) mass is 285 g/mol. The fourth-order valence-corrected chi connectivity index (χ4v) is 1.64. The maximum atomic E-state index is 11.8. The van der Waals surface area contributed by atoms with Gasteiger partial charge in [-0.3, -0.25) is 4.79 Å². The molecule has 0 spiro atoms. The fourth-order valence-electron chi connectivity index (χ4n) is 1.08. The van der Waals surface area contributed by atoms with E-state index in [1.165, 1.54) is 4.90 Å². The first-order valence-electron chi connectivity index (χ1n) is 4.20. The van der Waals surface area contributed by atoms with E-state index in [0.717, 1.165) is 4.47 Å². The summed E-state index contributed by atoms with van der Waals surface area (Å²) in [4.78, 5) is 13.3. The molecule has 0 aliphatic rings. The molecule has 1 aromatic rings. The molecule has 0 heterocycles. The van der Waals surface area contributed by atoms with E-state index >= 15 is 0 Å². The zero-order valence-electron chi connectivity index (χ0n) is 8.13. The van der Waals surface area contributed by atoms with Crippen molar-refractivity contribution in [3.8, 4) is 12.3 Å². The van der Waals surface area contributed by atoms with Gasteiger partial charge in [-0.2, -0.15) is 0 Å². The average Bonchev–Trinajstić information content (AvgIpc) is 2.21. The average molecular weight is 287 g/mol. The Morgan fingerprint density at radius 2 is 2.33 bits per heavy atom. The lowest BCUT2D eigenvalue weighted by Crippen LogP contribution is -2.27. The van der Waals surface area contributed by atoms with Crippen molar-refractivity contribution in [3.63, 3.8) is 0 Å². The Bertz CT molecular complexity index is 425. The Morgan fingerprint density at radius 3 is 2.93 bits per heavy atom. The molecule has 4 heteroatoms. The lowest BCUT2D eigenvalue weighted by molar-refractivity contribution is 0.0812. The van der Waals surface area contributed by atoms with Crippen LogP contribution in [0, 0.1) is 12.3 Å². The van der Waals surface area contributed by atoms with E-state index in [2.05, 4.69) is 21.9 Å². The maximum Gasteiger partial charge on any atom is 0.255 e. The number of terminal acetylenes is 1. The fraction of sp³-hybridized carbons (Fsp3) is 0.182. The molecule has 2 nitrogen and oxygen atoms in total. The van der Waals surface area contributed by atoms with E-state index in [4.69, 9.17) is 18.0 Å². The van der Waals surface area contributed by atoms with Crippen LogP contribution in [-0.2, 0) is 0 Å². The minimum Gasteiger partial charge on any atom is -0.331 e. The van der Waals surface area contributed by atoms with Gasteiger partial charge < -0.3 is 4.90 Å². The summed E-state index contributed by atoms with van der Waals surface area (Å²) in [7, 11) is 1.64. The van der Waals surface area contributed by atoms with Crippen LogP contribution < -0.4 is 0 Å². The first-order chi connectivity index (χ1) is 7.06. The molecule has 1 amide bonds. The summed E-state index contributed by atoms with van der Waals surface area (Å²) in [5.74, 6) is 2.22. The van der Waals surface area contributed by atoms with Crippen molar-refractivity contribution in [2.45, 2.75) is 0 Å². The van der Waals surface area contributed by atoms with Crippen LogP contribution in [0.15, 0.2) is 22.7 Å². The van der Waals surface area contributed by atoms with Crippen LogP contribution in [0.4, 0.5) is 0 Å². The van der Waals surface area contributed by atoms with Gasteiger partial charge in [0.05, 0.1) is 17.1 Å². The van der Waals surface area contributed by atoms with Crippen molar-refractivity contribution in [2.24, 2.45) is 0 Å². The quantitative estimate of drug-likeness (QED) is 0.766. The Balaban J connectivity index is 3.01. The molecular weight excluding hydrogens is 277 g/mol. The SMILES string of the molecule is C#CCN(C)C(=O)c1cc(Br)ccc1Cl. The number of hydrogen-bond acceptors (Lipinski definition) is 1. The Hall–Kier alpha value is -0.980. The summed E-state index contributed by atoms with van der Waals surface area (Å²) in [6, 6.07) is 5.13. The van der Waals surface area contributed by atoms with Gasteiger partial charge in [-0.05, 0) is 18.2 Å². The molecule has 0 aliphatic heterocycles. The predicted octanol–water partition coefficient (Wildman–Crippen LogP) is 2.81. The number of rotatable bonds is 2. The van der Waals surface area contributed by atoms with Gasteiger partial charge in [0, 0.05) is 11.5 Å². The molecule has 0 aromatic heterocycles. The second kappa shape index (κ2) is 5.20. The highest BCUT2D eigenvalue weighted by atomic mass is 79.9. The smallest absolute Gasteiger partial charge is 0.255 e. The molecule has 0 saturated carbocycles. The maximum absolute atomic E-state index is 11.8. The molecule has 78 valence electrons. The van der Waals surface area contributed by atoms with E-state index in [0.29, 0.717) is 10.6 Å². The first-order valence-corrected chi connectivity index (χ1v) is 5.37. The van der Waals surface area contributed by atoms with Gasteiger partial charge in [0.1, 0.15) is 0 Å². The number of carbonyl (C=O) groups excluding carboxylic acids is 1. The second-order valence-electron chi connectivity index (χ2n) is 2.99. The molecule has 0 unspecified atom stereocenters. The minimum absolute atomic E-state index is 0.181. The van der Waals surface area contributed by atoms with Crippen LogP contribution in [0.2, 0.25) is 5.02 Å². The summed E-state index contributed by atoms with van der Waals surface area (Å²) in [6.45, 7) is 0.266. The molecule has 1 aromatic carbocycles. The van der Waals surface area contributed by atoms with Gasteiger partial charge in [-0.15, -0.1) is 6.42 Å². The van der Waals surface area contributed by atoms with E-state index in [9.17, 15) is 4.79 Å². The zero-order chi connectivity index (χ0) is 11.4. The van der Waals surface area contributed by atoms with Crippen molar-refractivity contribution in [2.75, 3.05) is 13.6 Å². The third kappa shape index (κ3) is 2.98. The van der Waals surface area contributed by atoms with Crippen molar-refractivity contribution in [3.05, 3.63) is 33.3 Å². The number of carbonyl (C=O) groups is 1. The van der Waals surface area contributed by atoms with E-state index in [1.807, 2.05) is 0 Å². The highest BCUT2D eigenvalue weighted by molar-refractivity contribution is 9.10. The zero-order valence-corrected chi connectivity index (χ0v) is 10.5. The van der Waals surface area contributed by atoms with Crippen molar-refractivity contribution in [1.82, 2.24) is 4.90 Å². The number of nitrogens with zero attached hydrogens (tertiary/aromatic N) is 1. The van der Waals surface area contributed by atoms with E-state index in [-0.39, 0.29) is 12.5 Å².